The van der Waals surface area contributed by atoms with E-state index < -0.39 is 0 Å². The number of benzene rings is 2. The molecule has 2 aromatic carbocycles. The van der Waals surface area contributed by atoms with E-state index in [0.29, 0.717) is 22.7 Å². The Morgan fingerprint density at radius 1 is 1.08 bits per heavy atom. The molecule has 2 bridgehead atoms. The van der Waals surface area contributed by atoms with Gasteiger partial charge in [0.25, 0.3) is 5.91 Å². The topological polar surface area (TPSA) is 23.6 Å². The summed E-state index contributed by atoms with van der Waals surface area (Å²) in [5, 5.41) is 0.638. The second-order valence-electron chi connectivity index (χ2n) is 6.81. The number of hydrogen-bond donors (Lipinski definition) is 0. The quantitative estimate of drug-likeness (QED) is 0.796. The van der Waals surface area contributed by atoms with E-state index in [1.54, 1.807) is 24.3 Å². The first-order chi connectivity index (χ1) is 12.1. The molecular weight excluding hydrogens is 332 g/mol. The highest BCUT2D eigenvalue weighted by molar-refractivity contribution is 6.30. The summed E-state index contributed by atoms with van der Waals surface area (Å²) in [5.74, 6) is -0.00179. The van der Waals surface area contributed by atoms with Gasteiger partial charge in [-0.15, -0.1) is 0 Å². The Hall–Kier alpha value is -2.10. The predicted octanol–water partition coefficient (Wildman–Crippen LogP) is 4.74. The number of fused-ring (bicyclic) bond motifs is 2. The van der Waals surface area contributed by atoms with Crippen molar-refractivity contribution < 1.29 is 4.79 Å². The van der Waals surface area contributed by atoms with Crippen LogP contribution in [0.2, 0.25) is 5.02 Å². The lowest BCUT2D eigenvalue weighted by atomic mass is 10.0. The summed E-state index contributed by atoms with van der Waals surface area (Å²) >= 11 is 5.98. The third-order valence-corrected chi connectivity index (χ3v) is 5.57. The maximum absolute atomic E-state index is 13.3. The van der Waals surface area contributed by atoms with E-state index >= 15 is 0 Å². The number of likely N-dealkylation sites (N-methyl/N-ethyl adjacent to an activating group) is 1. The minimum absolute atomic E-state index is 0.00179. The third kappa shape index (κ3) is 3.10. The number of hydrogen-bond acceptors (Lipinski definition) is 2. The van der Waals surface area contributed by atoms with Gasteiger partial charge in [0.05, 0.1) is 0 Å². The van der Waals surface area contributed by atoms with Gasteiger partial charge in [-0.2, -0.15) is 0 Å². The van der Waals surface area contributed by atoms with Crippen molar-refractivity contribution in [2.75, 3.05) is 11.9 Å². The van der Waals surface area contributed by atoms with Crippen molar-refractivity contribution in [1.29, 1.82) is 0 Å². The van der Waals surface area contributed by atoms with E-state index in [4.69, 9.17) is 11.6 Å². The Bertz CT molecular complexity index is 800. The number of anilines is 1. The van der Waals surface area contributed by atoms with Crippen LogP contribution in [0.1, 0.15) is 29.6 Å². The lowest BCUT2D eigenvalue weighted by Crippen LogP contribution is -2.40. The van der Waals surface area contributed by atoms with Crippen LogP contribution in [0.3, 0.4) is 0 Å². The number of rotatable bonds is 3. The number of nitrogens with zero attached hydrogens (tertiary/aromatic N) is 2. The van der Waals surface area contributed by atoms with Crippen LogP contribution in [0.25, 0.3) is 0 Å². The molecule has 0 spiro atoms. The summed E-state index contributed by atoms with van der Waals surface area (Å²) in [6.45, 7) is 0. The molecule has 2 heterocycles. The molecular formula is C21H21ClN2O. The second kappa shape index (κ2) is 6.66. The van der Waals surface area contributed by atoms with E-state index in [1.807, 2.05) is 35.2 Å². The van der Waals surface area contributed by atoms with Crippen molar-refractivity contribution in [2.45, 2.75) is 31.3 Å². The summed E-state index contributed by atoms with van der Waals surface area (Å²) in [4.78, 5) is 17.6. The fourth-order valence-electron chi connectivity index (χ4n) is 3.90. The number of halogens is 1. The molecule has 0 saturated carbocycles. The zero-order valence-corrected chi connectivity index (χ0v) is 15.0. The Morgan fingerprint density at radius 2 is 1.80 bits per heavy atom. The minimum atomic E-state index is -0.00179. The normalized spacial score (nSPS) is 22.6. The molecule has 2 aliphatic rings. The van der Waals surface area contributed by atoms with Gasteiger partial charge >= 0.3 is 0 Å². The molecule has 4 rings (SSSR count). The number of amides is 1. The number of carbonyl (C=O) groups excluding carboxylic acids is 1. The molecule has 0 N–H and O–H groups in total. The molecule has 1 fully saturated rings. The summed E-state index contributed by atoms with van der Waals surface area (Å²) < 4.78 is 0. The van der Waals surface area contributed by atoms with Gasteiger partial charge < -0.3 is 0 Å². The fourth-order valence-corrected chi connectivity index (χ4v) is 4.02. The van der Waals surface area contributed by atoms with Crippen LogP contribution >= 0.6 is 11.6 Å². The Labute approximate surface area is 153 Å². The van der Waals surface area contributed by atoms with Crippen LogP contribution in [0.4, 0.5) is 5.69 Å². The predicted molar refractivity (Wildman–Crippen MR) is 102 cm³/mol. The van der Waals surface area contributed by atoms with Crippen molar-refractivity contribution in [2.24, 2.45) is 0 Å². The second-order valence-corrected chi connectivity index (χ2v) is 7.25. The highest BCUT2D eigenvalue weighted by Gasteiger charge is 2.36. The maximum atomic E-state index is 13.3. The monoisotopic (exact) mass is 352 g/mol. The lowest BCUT2D eigenvalue weighted by molar-refractivity contribution is 0.0991. The number of para-hydroxylation sites is 1. The van der Waals surface area contributed by atoms with Gasteiger partial charge in [0.2, 0.25) is 0 Å². The van der Waals surface area contributed by atoms with E-state index in [0.717, 1.165) is 17.8 Å². The minimum Gasteiger partial charge on any atom is -0.297 e. The van der Waals surface area contributed by atoms with Gasteiger partial charge in [0, 0.05) is 40.5 Å². The zero-order valence-electron chi connectivity index (χ0n) is 14.2. The van der Waals surface area contributed by atoms with Gasteiger partial charge in [-0.1, -0.05) is 29.8 Å². The van der Waals surface area contributed by atoms with E-state index in [9.17, 15) is 4.79 Å². The first kappa shape index (κ1) is 16.4. The third-order valence-electron chi connectivity index (χ3n) is 5.32. The van der Waals surface area contributed by atoms with Crippen LogP contribution in [-0.2, 0) is 0 Å². The van der Waals surface area contributed by atoms with E-state index in [2.05, 4.69) is 18.0 Å². The Kier molecular flexibility index (Phi) is 4.36. The van der Waals surface area contributed by atoms with Crippen molar-refractivity contribution >= 4 is 23.2 Å². The molecule has 0 radical (unpaired) electrons. The molecule has 0 unspecified atom stereocenters. The Balaban J connectivity index is 1.74. The molecule has 2 aromatic rings. The molecule has 2 aliphatic heterocycles. The molecule has 0 aliphatic carbocycles. The standard InChI is InChI=1S/C21H21ClN2O/c1-23-18-11-12-19(23)14-20(13-18)24(17-5-3-2-4-6-17)21(25)15-7-9-16(22)10-8-15/h2-10,13,18-19H,11-12,14H2,1H3/t18-,19-/m1/s1. The summed E-state index contributed by atoms with van der Waals surface area (Å²) in [6.07, 6.45) is 5.53. The van der Waals surface area contributed by atoms with Crippen LogP contribution in [0.15, 0.2) is 66.4 Å². The molecule has 128 valence electrons. The van der Waals surface area contributed by atoms with Crippen LogP contribution in [0, 0.1) is 0 Å². The molecule has 1 saturated heterocycles. The van der Waals surface area contributed by atoms with Crippen molar-refractivity contribution in [3.63, 3.8) is 0 Å². The summed E-state index contributed by atoms with van der Waals surface area (Å²) in [6, 6.07) is 18.0. The summed E-state index contributed by atoms with van der Waals surface area (Å²) in [5.41, 5.74) is 2.68. The van der Waals surface area contributed by atoms with Gasteiger partial charge in [0.1, 0.15) is 0 Å². The first-order valence-electron chi connectivity index (χ1n) is 8.71. The molecule has 3 nitrogen and oxygen atoms in total. The first-order valence-corrected chi connectivity index (χ1v) is 9.09. The molecule has 2 atom stereocenters. The van der Waals surface area contributed by atoms with Gasteiger partial charge in [0.15, 0.2) is 0 Å². The van der Waals surface area contributed by atoms with E-state index in [1.165, 1.54) is 12.8 Å². The fraction of sp³-hybridized carbons (Fsp3) is 0.286. The van der Waals surface area contributed by atoms with Gasteiger partial charge in [-0.25, -0.2) is 0 Å². The summed E-state index contributed by atoms with van der Waals surface area (Å²) in [7, 11) is 2.18. The maximum Gasteiger partial charge on any atom is 0.262 e. The van der Waals surface area contributed by atoms with Crippen LogP contribution in [-0.4, -0.2) is 29.9 Å². The van der Waals surface area contributed by atoms with Gasteiger partial charge in [-0.05, 0) is 62.4 Å². The SMILES string of the molecule is CN1[C@@H]2CC[C@@H]1C=C(N(C(=O)c1ccc(Cl)cc1)c1ccccc1)C2. The Morgan fingerprint density at radius 3 is 2.48 bits per heavy atom. The zero-order chi connectivity index (χ0) is 17.4. The van der Waals surface area contributed by atoms with Crippen molar-refractivity contribution in [3.8, 4) is 0 Å². The molecule has 1 amide bonds. The average molecular weight is 353 g/mol. The molecule has 25 heavy (non-hydrogen) atoms. The smallest absolute Gasteiger partial charge is 0.262 e. The highest BCUT2D eigenvalue weighted by Crippen LogP contribution is 2.36. The van der Waals surface area contributed by atoms with Crippen LogP contribution in [0.5, 0.6) is 0 Å². The van der Waals surface area contributed by atoms with Crippen LogP contribution < -0.4 is 4.90 Å². The van der Waals surface area contributed by atoms with Crippen molar-refractivity contribution in [3.05, 3.63) is 77.0 Å². The average Bonchev–Trinajstić information content (AvgIpc) is 2.84. The van der Waals surface area contributed by atoms with Crippen molar-refractivity contribution in [1.82, 2.24) is 4.90 Å². The van der Waals surface area contributed by atoms with Gasteiger partial charge in [-0.3, -0.25) is 14.6 Å². The molecule has 4 heteroatoms. The largest absolute Gasteiger partial charge is 0.297 e. The lowest BCUT2D eigenvalue weighted by Gasteiger charge is -2.35. The highest BCUT2D eigenvalue weighted by atomic mass is 35.5. The molecule has 0 aromatic heterocycles. The number of carbonyl (C=O) groups is 1. The van der Waals surface area contributed by atoms with E-state index in [-0.39, 0.29) is 5.91 Å².